The van der Waals surface area contributed by atoms with Crippen molar-refractivity contribution in [2.24, 2.45) is 4.99 Å². The maximum atomic E-state index is 13.8. The van der Waals surface area contributed by atoms with Crippen molar-refractivity contribution in [1.82, 2.24) is 25.0 Å². The fraction of sp³-hybridized carbons (Fsp3) is 0.571. The van der Waals surface area contributed by atoms with Gasteiger partial charge in [0.1, 0.15) is 11.6 Å². The first-order chi connectivity index (χ1) is 14.0. The lowest BCUT2D eigenvalue weighted by molar-refractivity contribution is 0.509. The van der Waals surface area contributed by atoms with Crippen LogP contribution in [0.4, 0.5) is 4.39 Å². The molecule has 0 amide bonds. The van der Waals surface area contributed by atoms with Gasteiger partial charge < -0.3 is 10.6 Å². The Morgan fingerprint density at radius 3 is 2.87 bits per heavy atom. The van der Waals surface area contributed by atoms with Gasteiger partial charge in [-0.25, -0.2) is 13.9 Å². The molecule has 0 radical (unpaired) electrons. The normalized spacial score (nSPS) is 14.6. The fourth-order valence-electron chi connectivity index (χ4n) is 3.49. The molecule has 166 valence electrons. The Labute approximate surface area is 194 Å². The summed E-state index contributed by atoms with van der Waals surface area (Å²) in [6, 6.07) is 5.19. The number of hydrogen-bond acceptors (Lipinski definition) is 3. The average Bonchev–Trinajstić information content (AvgIpc) is 3.03. The van der Waals surface area contributed by atoms with Gasteiger partial charge in [0, 0.05) is 32.6 Å². The molecule has 0 fully saturated rings. The van der Waals surface area contributed by atoms with Gasteiger partial charge in [-0.1, -0.05) is 12.1 Å². The minimum Gasteiger partial charge on any atom is -0.357 e. The smallest absolute Gasteiger partial charge is 0.345 e. The Morgan fingerprint density at radius 2 is 2.17 bits per heavy atom. The van der Waals surface area contributed by atoms with E-state index >= 15 is 0 Å². The summed E-state index contributed by atoms with van der Waals surface area (Å²) >= 11 is 0. The summed E-state index contributed by atoms with van der Waals surface area (Å²) in [6.07, 6.45) is 3.75. The van der Waals surface area contributed by atoms with Crippen molar-refractivity contribution in [2.75, 3.05) is 13.1 Å². The summed E-state index contributed by atoms with van der Waals surface area (Å²) in [7, 11) is 0. The Bertz CT molecular complexity index is 923. The van der Waals surface area contributed by atoms with Crippen LogP contribution in [0.5, 0.6) is 0 Å². The topological polar surface area (TPSA) is 76.2 Å². The molecule has 7 nitrogen and oxygen atoms in total. The van der Waals surface area contributed by atoms with Crippen LogP contribution < -0.4 is 16.3 Å². The first kappa shape index (κ1) is 24.4. The fourth-order valence-corrected chi connectivity index (χ4v) is 3.49. The second-order valence-electron chi connectivity index (χ2n) is 7.52. The van der Waals surface area contributed by atoms with Crippen molar-refractivity contribution < 1.29 is 4.39 Å². The van der Waals surface area contributed by atoms with Crippen LogP contribution in [0.15, 0.2) is 28.0 Å². The van der Waals surface area contributed by atoms with Gasteiger partial charge >= 0.3 is 5.69 Å². The van der Waals surface area contributed by atoms with E-state index in [0.29, 0.717) is 24.6 Å². The van der Waals surface area contributed by atoms with Crippen molar-refractivity contribution in [2.45, 2.75) is 65.6 Å². The van der Waals surface area contributed by atoms with E-state index in [1.807, 2.05) is 19.9 Å². The van der Waals surface area contributed by atoms with E-state index in [1.165, 1.54) is 0 Å². The number of aliphatic imine (C=N–C) groups is 1. The maximum absolute atomic E-state index is 13.8. The zero-order chi connectivity index (χ0) is 20.8. The Morgan fingerprint density at radius 1 is 1.37 bits per heavy atom. The Balaban J connectivity index is 0.00000320. The van der Waals surface area contributed by atoms with Crippen molar-refractivity contribution in [3.8, 4) is 0 Å². The lowest BCUT2D eigenvalue weighted by Gasteiger charge is -2.18. The molecule has 0 saturated heterocycles. The van der Waals surface area contributed by atoms with Crippen molar-refractivity contribution in [1.29, 1.82) is 0 Å². The van der Waals surface area contributed by atoms with Gasteiger partial charge in [-0.15, -0.1) is 24.0 Å². The summed E-state index contributed by atoms with van der Waals surface area (Å²) in [5.41, 5.74) is 1.50. The third-order valence-electron chi connectivity index (χ3n) is 5.22. The van der Waals surface area contributed by atoms with Crippen molar-refractivity contribution in [3.63, 3.8) is 0 Å². The quantitative estimate of drug-likeness (QED) is 0.250. The van der Waals surface area contributed by atoms with E-state index in [-0.39, 0.29) is 41.5 Å². The molecule has 1 aliphatic rings. The van der Waals surface area contributed by atoms with Crippen LogP contribution >= 0.6 is 24.0 Å². The second kappa shape index (κ2) is 11.5. The number of rotatable bonds is 7. The number of hydrogen-bond donors (Lipinski definition) is 2. The summed E-state index contributed by atoms with van der Waals surface area (Å²) in [5.74, 6) is 1.38. The average molecular weight is 530 g/mol. The highest BCUT2D eigenvalue weighted by Gasteiger charge is 2.16. The second-order valence-corrected chi connectivity index (χ2v) is 7.52. The molecule has 1 aromatic heterocycles. The van der Waals surface area contributed by atoms with Gasteiger partial charge in [0.15, 0.2) is 5.96 Å². The number of aryl methyl sites for hydroxylation is 3. The molecule has 2 aromatic rings. The predicted molar refractivity (Wildman–Crippen MR) is 128 cm³/mol. The molecular formula is C21H32FIN6O. The third-order valence-corrected chi connectivity index (χ3v) is 5.22. The molecular weight excluding hydrogens is 498 g/mol. The molecule has 0 aliphatic carbocycles. The highest BCUT2D eigenvalue weighted by atomic mass is 127. The summed E-state index contributed by atoms with van der Waals surface area (Å²) in [4.78, 5) is 17.0. The number of halogens is 2. The number of nitrogens with one attached hydrogen (secondary N) is 2. The summed E-state index contributed by atoms with van der Waals surface area (Å²) in [5, 5.41) is 11.0. The van der Waals surface area contributed by atoms with E-state index in [2.05, 4.69) is 20.7 Å². The highest BCUT2D eigenvalue weighted by Crippen LogP contribution is 2.16. The van der Waals surface area contributed by atoms with Crippen molar-refractivity contribution in [3.05, 3.63) is 51.5 Å². The van der Waals surface area contributed by atoms with Crippen LogP contribution in [0.25, 0.3) is 0 Å². The lowest BCUT2D eigenvalue weighted by atomic mass is 10.1. The van der Waals surface area contributed by atoms with E-state index in [4.69, 9.17) is 0 Å². The van der Waals surface area contributed by atoms with Crippen LogP contribution in [-0.2, 0) is 19.5 Å². The largest absolute Gasteiger partial charge is 0.357 e. The van der Waals surface area contributed by atoms with Crippen LogP contribution in [-0.4, -0.2) is 33.4 Å². The van der Waals surface area contributed by atoms with Gasteiger partial charge in [0.2, 0.25) is 0 Å². The predicted octanol–water partition coefficient (Wildman–Crippen LogP) is 3.15. The number of aromatic nitrogens is 3. The Kier molecular flexibility index (Phi) is 9.32. The van der Waals surface area contributed by atoms with E-state index in [1.54, 1.807) is 28.3 Å². The van der Waals surface area contributed by atoms with Crippen molar-refractivity contribution >= 4 is 29.9 Å². The maximum Gasteiger partial charge on any atom is 0.345 e. The monoisotopic (exact) mass is 530 g/mol. The molecule has 9 heteroatoms. The summed E-state index contributed by atoms with van der Waals surface area (Å²) in [6.45, 7) is 8.37. The third kappa shape index (κ3) is 6.05. The number of nitrogens with zero attached hydrogens (tertiary/aromatic N) is 4. The zero-order valence-corrected chi connectivity index (χ0v) is 20.3. The zero-order valence-electron chi connectivity index (χ0n) is 17.9. The van der Waals surface area contributed by atoms with E-state index < -0.39 is 0 Å². The van der Waals surface area contributed by atoms with Crippen LogP contribution in [0.1, 0.15) is 56.1 Å². The molecule has 2 N–H and O–H groups in total. The minimum absolute atomic E-state index is 0. The highest BCUT2D eigenvalue weighted by molar-refractivity contribution is 14.0. The lowest BCUT2D eigenvalue weighted by Crippen LogP contribution is -2.39. The standard InChI is InChI=1S/C21H31FN6O.HI/c1-4-23-20(25-16(3)17-10-9-15(2)18(22)14-17)24-11-7-13-28-21(29)27-12-6-5-8-19(27)26-28;/h9-10,14,16H,4-8,11-13H2,1-3H3,(H2,23,24,25);1H. The van der Waals surface area contributed by atoms with Gasteiger partial charge in [0.25, 0.3) is 0 Å². The molecule has 0 spiro atoms. The van der Waals surface area contributed by atoms with Crippen LogP contribution in [0.3, 0.4) is 0 Å². The molecule has 0 bridgehead atoms. The molecule has 1 aliphatic heterocycles. The van der Waals surface area contributed by atoms with E-state index in [0.717, 1.165) is 50.2 Å². The van der Waals surface area contributed by atoms with Crippen LogP contribution in [0, 0.1) is 12.7 Å². The first-order valence-electron chi connectivity index (χ1n) is 10.5. The van der Waals surface area contributed by atoms with Gasteiger partial charge in [-0.3, -0.25) is 9.56 Å². The Hall–Kier alpha value is -1.91. The van der Waals surface area contributed by atoms with Crippen LogP contribution in [0.2, 0.25) is 0 Å². The number of benzene rings is 1. The molecule has 1 aromatic carbocycles. The van der Waals surface area contributed by atoms with E-state index in [9.17, 15) is 9.18 Å². The molecule has 2 heterocycles. The molecule has 1 unspecified atom stereocenters. The number of guanidine groups is 1. The first-order valence-corrected chi connectivity index (χ1v) is 10.5. The minimum atomic E-state index is -0.203. The molecule has 1 atom stereocenters. The molecule has 3 rings (SSSR count). The molecule has 0 saturated carbocycles. The molecule has 30 heavy (non-hydrogen) atoms. The van der Waals surface area contributed by atoms with Gasteiger partial charge in [-0.05, 0) is 57.2 Å². The van der Waals surface area contributed by atoms with Gasteiger partial charge in [0.05, 0.1) is 6.04 Å². The summed E-state index contributed by atoms with van der Waals surface area (Å²) < 4.78 is 17.2. The number of fused-ring (bicyclic) bond motifs is 1. The SMILES string of the molecule is CCNC(=NCCCn1nc2n(c1=O)CCCC2)NC(C)c1ccc(C)c(F)c1.I. The van der Waals surface area contributed by atoms with Gasteiger partial charge in [-0.2, -0.15) is 5.10 Å².